The quantitative estimate of drug-likeness (QED) is 0.183. The van der Waals surface area contributed by atoms with E-state index in [9.17, 15) is 14.7 Å². The van der Waals surface area contributed by atoms with Gasteiger partial charge in [-0.25, -0.2) is 19.7 Å². The van der Waals surface area contributed by atoms with Gasteiger partial charge >= 0.3 is 11.9 Å². The van der Waals surface area contributed by atoms with Crippen molar-refractivity contribution in [1.29, 1.82) is 0 Å². The molecular weight excluding hydrogens is 536 g/mol. The predicted molar refractivity (Wildman–Crippen MR) is 162 cm³/mol. The van der Waals surface area contributed by atoms with Crippen molar-refractivity contribution in [3.63, 3.8) is 0 Å². The maximum Gasteiger partial charge on any atom is 0.328 e. The van der Waals surface area contributed by atoms with Crippen molar-refractivity contribution < 1.29 is 19.4 Å². The Kier molecular flexibility index (Phi) is 8.09. The summed E-state index contributed by atoms with van der Waals surface area (Å²) in [5.41, 5.74) is 4.71. The molecule has 3 aromatic heterocycles. The molecule has 214 valence electrons. The van der Waals surface area contributed by atoms with Crippen LogP contribution >= 0.6 is 11.3 Å². The van der Waals surface area contributed by atoms with Crippen molar-refractivity contribution in [1.82, 2.24) is 19.5 Å². The van der Waals surface area contributed by atoms with Crippen LogP contribution < -0.4 is 0 Å². The van der Waals surface area contributed by atoms with Crippen molar-refractivity contribution in [2.24, 2.45) is 0 Å². The first-order valence-electron chi connectivity index (χ1n) is 14.1. The molecule has 0 unspecified atom stereocenters. The standard InChI is InChI=1S/C32H36N4O4S/c1-19-31(41-20(2)33-19)25-14-11-22-17-23(12-13-24(22)34-25)30-29(21-9-7-6-8-10-21)35-26(15-16-27(37)38)36(30)18-28(39)40-32(3,4)5/h11-17,21H,6-10,18H2,1-5H3,(H,37,38). The minimum absolute atomic E-state index is 0.0785. The highest BCUT2D eigenvalue weighted by molar-refractivity contribution is 7.15. The summed E-state index contributed by atoms with van der Waals surface area (Å²) < 4.78 is 7.47. The van der Waals surface area contributed by atoms with Crippen LogP contribution in [0.15, 0.2) is 36.4 Å². The molecule has 9 heteroatoms. The number of carboxylic acids is 1. The van der Waals surface area contributed by atoms with E-state index in [1.165, 1.54) is 12.5 Å². The molecule has 0 radical (unpaired) electrons. The van der Waals surface area contributed by atoms with E-state index in [0.29, 0.717) is 5.82 Å². The van der Waals surface area contributed by atoms with Gasteiger partial charge in [0.15, 0.2) is 0 Å². The number of rotatable bonds is 7. The van der Waals surface area contributed by atoms with Gasteiger partial charge in [0.05, 0.1) is 38.2 Å². The van der Waals surface area contributed by atoms with Crippen LogP contribution in [0.5, 0.6) is 0 Å². The second kappa shape index (κ2) is 11.6. The molecule has 0 bridgehead atoms. The van der Waals surface area contributed by atoms with E-state index in [0.717, 1.165) is 80.9 Å². The Morgan fingerprint density at radius 1 is 1.07 bits per heavy atom. The molecule has 3 heterocycles. The third-order valence-corrected chi connectivity index (χ3v) is 8.29. The van der Waals surface area contributed by atoms with E-state index in [2.05, 4.69) is 17.1 Å². The Morgan fingerprint density at radius 2 is 1.83 bits per heavy atom. The van der Waals surface area contributed by atoms with E-state index in [1.54, 1.807) is 11.3 Å². The van der Waals surface area contributed by atoms with Gasteiger partial charge in [-0.15, -0.1) is 11.3 Å². The predicted octanol–water partition coefficient (Wildman–Crippen LogP) is 7.33. The number of nitrogens with zero attached hydrogens (tertiary/aromatic N) is 4. The van der Waals surface area contributed by atoms with Crippen molar-refractivity contribution in [3.8, 4) is 21.8 Å². The lowest BCUT2D eigenvalue weighted by atomic mass is 9.85. The first-order chi connectivity index (χ1) is 19.5. The number of aromatic nitrogens is 4. The SMILES string of the molecule is Cc1nc(C)c(-c2ccc3cc(-c4c(C5CCCCC5)nc(C=CC(=O)O)n4CC(=O)OC(C)(C)C)ccc3n2)s1. The highest BCUT2D eigenvalue weighted by Gasteiger charge is 2.28. The van der Waals surface area contributed by atoms with E-state index in [-0.39, 0.29) is 12.5 Å². The summed E-state index contributed by atoms with van der Waals surface area (Å²) in [4.78, 5) is 40.0. The van der Waals surface area contributed by atoms with Gasteiger partial charge in [0.2, 0.25) is 0 Å². The zero-order valence-corrected chi connectivity index (χ0v) is 25.0. The first-order valence-corrected chi connectivity index (χ1v) is 14.9. The number of fused-ring (bicyclic) bond motifs is 1. The van der Waals surface area contributed by atoms with E-state index >= 15 is 0 Å². The molecule has 1 aromatic carbocycles. The number of pyridine rings is 1. The van der Waals surface area contributed by atoms with Crippen LogP contribution in [-0.4, -0.2) is 42.2 Å². The summed E-state index contributed by atoms with van der Waals surface area (Å²) >= 11 is 1.64. The molecule has 1 fully saturated rings. The number of aryl methyl sites for hydroxylation is 2. The summed E-state index contributed by atoms with van der Waals surface area (Å²) in [6.45, 7) is 9.42. The molecule has 0 saturated heterocycles. The molecule has 0 amide bonds. The summed E-state index contributed by atoms with van der Waals surface area (Å²) in [6.07, 6.45) is 7.97. The molecule has 1 aliphatic carbocycles. The topological polar surface area (TPSA) is 107 Å². The van der Waals surface area contributed by atoms with Crippen molar-refractivity contribution in [2.75, 3.05) is 0 Å². The summed E-state index contributed by atoms with van der Waals surface area (Å²) in [5.74, 6) is -0.821. The number of esters is 1. The van der Waals surface area contributed by atoms with Gasteiger partial charge in [0.25, 0.3) is 0 Å². The zero-order valence-electron chi connectivity index (χ0n) is 24.2. The fourth-order valence-corrected chi connectivity index (χ4v) is 6.45. The van der Waals surface area contributed by atoms with Crippen molar-refractivity contribution >= 4 is 40.3 Å². The minimum atomic E-state index is -1.07. The molecular formula is C32H36N4O4S. The molecule has 0 aliphatic heterocycles. The Morgan fingerprint density at radius 3 is 2.49 bits per heavy atom. The fraction of sp³-hybridized carbons (Fsp3) is 0.406. The summed E-state index contributed by atoms with van der Waals surface area (Å²) in [6, 6.07) is 10.2. The molecule has 5 rings (SSSR count). The van der Waals surface area contributed by atoms with Crippen LogP contribution in [0.25, 0.3) is 38.8 Å². The summed E-state index contributed by atoms with van der Waals surface area (Å²) in [5, 5.41) is 11.3. The third-order valence-electron chi connectivity index (χ3n) is 7.20. The number of imidazole rings is 1. The Labute approximate surface area is 244 Å². The smallest absolute Gasteiger partial charge is 0.328 e. The number of ether oxygens (including phenoxy) is 1. The summed E-state index contributed by atoms with van der Waals surface area (Å²) in [7, 11) is 0. The van der Waals surface area contributed by atoms with Crippen LogP contribution in [0.3, 0.4) is 0 Å². The molecule has 4 aromatic rings. The number of thiazole rings is 1. The second-order valence-corrected chi connectivity index (χ2v) is 12.8. The average molecular weight is 573 g/mol. The zero-order chi connectivity index (χ0) is 29.3. The minimum Gasteiger partial charge on any atom is -0.478 e. The number of hydrogen-bond donors (Lipinski definition) is 1. The number of hydrogen-bond acceptors (Lipinski definition) is 7. The first kappa shape index (κ1) is 28.7. The van der Waals surface area contributed by atoms with E-state index < -0.39 is 17.5 Å². The second-order valence-electron chi connectivity index (χ2n) is 11.6. The molecule has 0 atom stereocenters. The van der Waals surface area contributed by atoms with Gasteiger partial charge in [0.1, 0.15) is 18.0 Å². The molecule has 1 saturated carbocycles. The van der Waals surface area contributed by atoms with E-state index in [4.69, 9.17) is 14.7 Å². The fourth-order valence-electron chi connectivity index (χ4n) is 5.56. The van der Waals surface area contributed by atoms with Crippen LogP contribution in [0.2, 0.25) is 0 Å². The Balaban J connectivity index is 1.64. The molecule has 0 spiro atoms. The normalized spacial score (nSPS) is 14.7. The van der Waals surface area contributed by atoms with Crippen molar-refractivity contribution in [2.45, 2.75) is 84.8 Å². The Hall–Kier alpha value is -3.85. The van der Waals surface area contributed by atoms with Gasteiger partial charge < -0.3 is 14.4 Å². The maximum atomic E-state index is 13.1. The number of carboxylic acid groups (broad SMARTS) is 1. The number of benzene rings is 1. The maximum absolute atomic E-state index is 13.1. The monoisotopic (exact) mass is 572 g/mol. The third kappa shape index (κ3) is 6.56. The van der Waals surface area contributed by atoms with Gasteiger partial charge in [0, 0.05) is 22.9 Å². The lowest BCUT2D eigenvalue weighted by Crippen LogP contribution is -2.27. The van der Waals surface area contributed by atoms with Crippen LogP contribution in [-0.2, 0) is 20.9 Å². The van der Waals surface area contributed by atoms with Gasteiger partial charge in [-0.1, -0.05) is 31.4 Å². The molecule has 1 N–H and O–H groups in total. The molecule has 8 nitrogen and oxygen atoms in total. The number of aliphatic carboxylic acids is 1. The lowest BCUT2D eigenvalue weighted by Gasteiger charge is -2.23. The number of carbonyl (C=O) groups excluding carboxylic acids is 1. The van der Waals surface area contributed by atoms with Crippen LogP contribution in [0.1, 0.15) is 81.0 Å². The largest absolute Gasteiger partial charge is 0.478 e. The highest BCUT2D eigenvalue weighted by Crippen LogP contribution is 2.40. The van der Waals surface area contributed by atoms with Crippen molar-refractivity contribution in [3.05, 3.63) is 58.6 Å². The molecule has 1 aliphatic rings. The average Bonchev–Trinajstić information content (AvgIpc) is 3.44. The van der Waals surface area contributed by atoms with Gasteiger partial charge in [-0.05, 0) is 71.7 Å². The van der Waals surface area contributed by atoms with E-state index in [1.807, 2.05) is 57.4 Å². The highest BCUT2D eigenvalue weighted by atomic mass is 32.1. The lowest BCUT2D eigenvalue weighted by molar-refractivity contribution is -0.155. The Bertz CT molecular complexity index is 1640. The molecule has 41 heavy (non-hydrogen) atoms. The number of carbonyl (C=O) groups is 2. The van der Waals surface area contributed by atoms with Gasteiger partial charge in [-0.2, -0.15) is 0 Å². The van der Waals surface area contributed by atoms with Crippen LogP contribution in [0, 0.1) is 13.8 Å². The van der Waals surface area contributed by atoms with Gasteiger partial charge in [-0.3, -0.25) is 4.79 Å². The van der Waals surface area contributed by atoms with Crippen LogP contribution in [0.4, 0.5) is 0 Å².